The van der Waals surface area contributed by atoms with Crippen molar-refractivity contribution in [2.75, 3.05) is 26.4 Å². The van der Waals surface area contributed by atoms with Crippen LogP contribution in [0.1, 0.15) is 30.4 Å². The van der Waals surface area contributed by atoms with Gasteiger partial charge in [0.25, 0.3) is 0 Å². The molecule has 1 fully saturated rings. The van der Waals surface area contributed by atoms with Crippen LogP contribution in [0, 0.1) is 5.92 Å². The van der Waals surface area contributed by atoms with E-state index in [1.807, 2.05) is 36.4 Å². The number of fused-ring (bicyclic) bond motifs is 3. The first-order valence-corrected chi connectivity index (χ1v) is 11.2. The number of amides is 2. The highest BCUT2D eigenvalue weighted by atomic mass is 16.5. The number of nitrogens with one attached hydrogen (secondary N) is 2. The summed E-state index contributed by atoms with van der Waals surface area (Å²) in [6.07, 6.45) is -1.01. The molecule has 0 saturated carbocycles. The molecule has 0 aromatic heterocycles. The lowest BCUT2D eigenvalue weighted by atomic mass is 9.98. The highest BCUT2D eigenvalue weighted by molar-refractivity contribution is 5.89. The van der Waals surface area contributed by atoms with Crippen LogP contribution in [0.4, 0.5) is 4.79 Å². The van der Waals surface area contributed by atoms with Crippen LogP contribution in [0.2, 0.25) is 0 Å². The van der Waals surface area contributed by atoms with E-state index in [0.717, 1.165) is 22.3 Å². The van der Waals surface area contributed by atoms with Crippen LogP contribution in [0.15, 0.2) is 48.5 Å². The molecular formula is C25H28N2O7. The minimum Gasteiger partial charge on any atom is -0.479 e. The summed E-state index contributed by atoms with van der Waals surface area (Å²) in [4.78, 5) is 36.3. The van der Waals surface area contributed by atoms with E-state index >= 15 is 0 Å². The number of alkyl carbamates (subject to hydrolysis) is 1. The molecule has 2 amide bonds. The van der Waals surface area contributed by atoms with Crippen LogP contribution in [0.3, 0.4) is 0 Å². The fourth-order valence-corrected chi connectivity index (χ4v) is 4.50. The summed E-state index contributed by atoms with van der Waals surface area (Å²) in [6.45, 7) is 1.07. The Morgan fingerprint density at radius 3 is 2.29 bits per heavy atom. The van der Waals surface area contributed by atoms with Crippen molar-refractivity contribution in [3.8, 4) is 11.1 Å². The van der Waals surface area contributed by atoms with Crippen molar-refractivity contribution in [2.24, 2.45) is 5.92 Å². The minimum absolute atomic E-state index is 0.0568. The highest BCUT2D eigenvalue weighted by Crippen LogP contribution is 2.44. The maximum absolute atomic E-state index is 12.6. The number of carbonyl (C=O) groups excluding carboxylic acids is 2. The van der Waals surface area contributed by atoms with E-state index in [-0.39, 0.29) is 25.0 Å². The van der Waals surface area contributed by atoms with Crippen molar-refractivity contribution in [3.63, 3.8) is 0 Å². The van der Waals surface area contributed by atoms with Crippen LogP contribution in [-0.2, 0) is 19.1 Å². The summed E-state index contributed by atoms with van der Waals surface area (Å²) in [6, 6.07) is 16.1. The highest BCUT2D eigenvalue weighted by Gasteiger charge is 2.41. The van der Waals surface area contributed by atoms with Gasteiger partial charge in [0, 0.05) is 25.0 Å². The normalized spacial score (nSPS) is 20.6. The molecule has 1 aliphatic carbocycles. The molecule has 9 nitrogen and oxygen atoms in total. The second-order valence-corrected chi connectivity index (χ2v) is 8.83. The van der Waals surface area contributed by atoms with Gasteiger partial charge in [0.05, 0.1) is 6.61 Å². The molecule has 4 N–H and O–H groups in total. The Hall–Kier alpha value is -3.43. The number of hydrogen-bond donors (Lipinski definition) is 4. The molecular weight excluding hydrogens is 440 g/mol. The first kappa shape index (κ1) is 23.7. The zero-order valence-electron chi connectivity index (χ0n) is 18.8. The summed E-state index contributed by atoms with van der Waals surface area (Å²) in [5.74, 6) is -2.40. The third-order valence-electron chi connectivity index (χ3n) is 6.51. The Labute approximate surface area is 197 Å². The standard InChI is InChI=1S/C25H28N2O7/c1-25(14-28,23(30)31)27-22(29)21-15(10-11-33-21)12-26-24(32)34-13-20-18-8-4-2-6-16(18)17-7-3-5-9-19(17)20/h2-9,15,20-21,28H,10-14H2,1H3,(H,26,32)(H,27,29)(H,30,31)/t15-,21-,25?/m0/s1. The molecule has 2 aromatic rings. The number of carboxylic acids is 1. The van der Waals surface area contributed by atoms with Crippen molar-refractivity contribution in [3.05, 3.63) is 59.7 Å². The van der Waals surface area contributed by atoms with E-state index in [4.69, 9.17) is 9.47 Å². The minimum atomic E-state index is -1.81. The van der Waals surface area contributed by atoms with Crippen molar-refractivity contribution >= 4 is 18.0 Å². The molecule has 2 aromatic carbocycles. The van der Waals surface area contributed by atoms with Gasteiger partial charge in [-0.2, -0.15) is 0 Å². The monoisotopic (exact) mass is 468 g/mol. The number of carboxylic acid groups (broad SMARTS) is 1. The third-order valence-corrected chi connectivity index (χ3v) is 6.51. The Bertz CT molecular complexity index is 1040. The van der Waals surface area contributed by atoms with E-state index < -0.39 is 36.2 Å². The molecule has 1 saturated heterocycles. The van der Waals surface area contributed by atoms with Crippen LogP contribution in [-0.4, -0.2) is 66.2 Å². The maximum atomic E-state index is 12.6. The number of ether oxygens (including phenoxy) is 2. The summed E-state index contributed by atoms with van der Waals surface area (Å²) in [5, 5.41) is 23.6. The zero-order valence-corrected chi connectivity index (χ0v) is 18.8. The molecule has 34 heavy (non-hydrogen) atoms. The van der Waals surface area contributed by atoms with Gasteiger partial charge in [-0.3, -0.25) is 4.79 Å². The van der Waals surface area contributed by atoms with Crippen LogP contribution in [0.25, 0.3) is 11.1 Å². The number of aliphatic hydroxyl groups excluding tert-OH is 1. The van der Waals surface area contributed by atoms with Gasteiger partial charge in [0.2, 0.25) is 5.91 Å². The van der Waals surface area contributed by atoms with Crippen molar-refractivity contribution < 1.29 is 34.1 Å². The third kappa shape index (κ3) is 4.62. The fraction of sp³-hybridized carbons (Fsp3) is 0.400. The molecule has 1 unspecified atom stereocenters. The predicted octanol–water partition coefficient (Wildman–Crippen LogP) is 1.88. The Kier molecular flexibility index (Phi) is 6.85. The summed E-state index contributed by atoms with van der Waals surface area (Å²) in [7, 11) is 0. The Balaban J connectivity index is 1.32. The number of hydrogen-bond acceptors (Lipinski definition) is 6. The molecule has 1 heterocycles. The van der Waals surface area contributed by atoms with Crippen molar-refractivity contribution in [1.82, 2.24) is 10.6 Å². The number of aliphatic carboxylic acids is 1. The molecule has 9 heteroatoms. The number of aliphatic hydroxyl groups is 1. The van der Waals surface area contributed by atoms with Gasteiger partial charge in [-0.1, -0.05) is 48.5 Å². The smallest absolute Gasteiger partial charge is 0.407 e. The van der Waals surface area contributed by atoms with Crippen molar-refractivity contribution in [1.29, 1.82) is 0 Å². The van der Waals surface area contributed by atoms with E-state index in [9.17, 15) is 24.6 Å². The predicted molar refractivity (Wildman–Crippen MR) is 122 cm³/mol. The maximum Gasteiger partial charge on any atom is 0.407 e. The average molecular weight is 469 g/mol. The van der Waals surface area contributed by atoms with Crippen LogP contribution < -0.4 is 10.6 Å². The first-order chi connectivity index (χ1) is 16.3. The second-order valence-electron chi connectivity index (χ2n) is 8.83. The molecule has 2 aliphatic rings. The molecule has 0 bridgehead atoms. The summed E-state index contributed by atoms with van der Waals surface area (Å²) in [5.41, 5.74) is 2.69. The largest absolute Gasteiger partial charge is 0.479 e. The van der Waals surface area contributed by atoms with Gasteiger partial charge >= 0.3 is 12.1 Å². The SMILES string of the molecule is CC(CO)(NC(=O)[C@H]1OCC[C@H]1CNC(=O)OCC1c2ccccc2-c2ccccc21)C(=O)O. The Morgan fingerprint density at radius 2 is 1.71 bits per heavy atom. The molecule has 180 valence electrons. The van der Waals surface area contributed by atoms with E-state index in [2.05, 4.69) is 22.8 Å². The average Bonchev–Trinajstić information content (AvgIpc) is 3.44. The summed E-state index contributed by atoms with van der Waals surface area (Å²) >= 11 is 0. The zero-order chi connectivity index (χ0) is 24.3. The molecule has 0 radical (unpaired) electrons. The lowest BCUT2D eigenvalue weighted by molar-refractivity contribution is -0.150. The lowest BCUT2D eigenvalue weighted by Crippen LogP contribution is -2.58. The van der Waals surface area contributed by atoms with Gasteiger partial charge < -0.3 is 30.3 Å². The van der Waals surface area contributed by atoms with Gasteiger partial charge in [0.15, 0.2) is 5.54 Å². The Morgan fingerprint density at radius 1 is 1.09 bits per heavy atom. The molecule has 1 aliphatic heterocycles. The second kappa shape index (κ2) is 9.82. The van der Waals surface area contributed by atoms with Gasteiger partial charge in [-0.05, 0) is 35.6 Å². The van der Waals surface area contributed by atoms with Gasteiger partial charge in [0.1, 0.15) is 12.7 Å². The molecule has 4 rings (SSSR count). The van der Waals surface area contributed by atoms with E-state index in [1.54, 1.807) is 0 Å². The number of rotatable bonds is 8. The van der Waals surface area contributed by atoms with Gasteiger partial charge in [-0.25, -0.2) is 9.59 Å². The topological polar surface area (TPSA) is 134 Å². The van der Waals surface area contributed by atoms with E-state index in [0.29, 0.717) is 13.0 Å². The van der Waals surface area contributed by atoms with Gasteiger partial charge in [-0.15, -0.1) is 0 Å². The molecule has 3 atom stereocenters. The number of benzene rings is 2. The fourth-order valence-electron chi connectivity index (χ4n) is 4.50. The van der Waals surface area contributed by atoms with Crippen LogP contribution >= 0.6 is 0 Å². The summed E-state index contributed by atoms with van der Waals surface area (Å²) < 4.78 is 11.0. The van der Waals surface area contributed by atoms with E-state index in [1.165, 1.54) is 6.92 Å². The van der Waals surface area contributed by atoms with Crippen LogP contribution in [0.5, 0.6) is 0 Å². The first-order valence-electron chi connectivity index (χ1n) is 11.2. The number of carbonyl (C=O) groups is 3. The quantitative estimate of drug-likeness (QED) is 0.465. The molecule has 0 spiro atoms. The van der Waals surface area contributed by atoms with Crippen molar-refractivity contribution in [2.45, 2.75) is 30.9 Å². The lowest BCUT2D eigenvalue weighted by Gasteiger charge is -2.27.